The maximum Gasteiger partial charge on any atom is 0.354 e. The topological polar surface area (TPSA) is 107 Å². The largest absolute Gasteiger partial charge is 0.491 e. The van der Waals surface area contributed by atoms with Gasteiger partial charge in [-0.25, -0.2) is 14.2 Å². The lowest BCUT2D eigenvalue weighted by Gasteiger charge is -2.27. The second-order valence-corrected chi connectivity index (χ2v) is 9.78. The van der Waals surface area contributed by atoms with E-state index in [1.165, 1.54) is 7.05 Å². The number of nitrogens with zero attached hydrogens (tertiary/aromatic N) is 3. The van der Waals surface area contributed by atoms with Crippen LogP contribution in [0.1, 0.15) is 65.4 Å². The molecule has 1 aliphatic carbocycles. The standard InChI is InChI=1S/C26H39N5O4/c1-6-20-15-21(11-12-22(20)35-17(2)3)28-24-29-25(33)30(14-13-23(32)27-5)26(34)31(24)16-19-9-7-18(4)8-10-19/h11-12,15,17-19H,6-10,13-14,16H2,1-5H3,(H,27,32)(H,28,29,33). The van der Waals surface area contributed by atoms with Crippen LogP contribution in [0.25, 0.3) is 0 Å². The van der Waals surface area contributed by atoms with Gasteiger partial charge in [0.05, 0.1) is 6.10 Å². The third-order valence-corrected chi connectivity index (χ3v) is 6.63. The quantitative estimate of drug-likeness (QED) is 0.534. The van der Waals surface area contributed by atoms with Crippen molar-refractivity contribution in [2.45, 2.75) is 85.4 Å². The summed E-state index contributed by atoms with van der Waals surface area (Å²) in [5, 5.41) is 5.74. The highest BCUT2D eigenvalue weighted by Crippen LogP contribution is 2.30. The van der Waals surface area contributed by atoms with Crippen LogP contribution in [0.4, 0.5) is 11.6 Å². The zero-order chi connectivity index (χ0) is 25.5. The molecule has 2 aromatic rings. The summed E-state index contributed by atoms with van der Waals surface area (Å²) in [6.07, 6.45) is 5.20. The van der Waals surface area contributed by atoms with Crippen molar-refractivity contribution in [1.29, 1.82) is 0 Å². The fourth-order valence-corrected chi connectivity index (χ4v) is 4.52. The van der Waals surface area contributed by atoms with Gasteiger partial charge in [0.25, 0.3) is 0 Å². The van der Waals surface area contributed by atoms with Crippen molar-refractivity contribution in [2.75, 3.05) is 12.4 Å². The molecule has 192 valence electrons. The number of aromatic nitrogens is 3. The van der Waals surface area contributed by atoms with Crippen LogP contribution in [0.15, 0.2) is 27.8 Å². The summed E-state index contributed by atoms with van der Waals surface area (Å²) in [7, 11) is 1.53. The Labute approximate surface area is 206 Å². The van der Waals surface area contributed by atoms with Crippen LogP contribution in [-0.2, 0) is 24.3 Å². The average molecular weight is 486 g/mol. The molecule has 1 aliphatic rings. The number of hydrogen-bond donors (Lipinski definition) is 2. The van der Waals surface area contributed by atoms with Gasteiger partial charge in [0, 0.05) is 32.2 Å². The number of ether oxygens (including phenoxy) is 1. The Hall–Kier alpha value is -3.10. The fraction of sp³-hybridized carbons (Fsp3) is 0.615. The molecule has 1 fully saturated rings. The van der Waals surface area contributed by atoms with E-state index < -0.39 is 11.4 Å². The smallest absolute Gasteiger partial charge is 0.354 e. The summed E-state index contributed by atoms with van der Waals surface area (Å²) in [6, 6.07) is 5.73. The van der Waals surface area contributed by atoms with Crippen LogP contribution < -0.4 is 26.7 Å². The highest BCUT2D eigenvalue weighted by Gasteiger charge is 2.22. The Bertz CT molecular complexity index is 1130. The molecule has 1 heterocycles. The predicted molar refractivity (Wildman–Crippen MR) is 137 cm³/mol. The lowest BCUT2D eigenvalue weighted by molar-refractivity contribution is -0.120. The van der Waals surface area contributed by atoms with Crippen LogP contribution >= 0.6 is 0 Å². The summed E-state index contributed by atoms with van der Waals surface area (Å²) in [6.45, 7) is 8.76. The monoisotopic (exact) mass is 485 g/mol. The number of anilines is 2. The van der Waals surface area contributed by atoms with Crippen LogP contribution in [0.3, 0.4) is 0 Å². The molecule has 2 N–H and O–H groups in total. The molecule has 3 rings (SSSR count). The molecular weight excluding hydrogens is 446 g/mol. The third-order valence-electron chi connectivity index (χ3n) is 6.63. The first-order valence-electron chi connectivity index (χ1n) is 12.7. The van der Waals surface area contributed by atoms with Gasteiger partial charge < -0.3 is 15.4 Å². The van der Waals surface area contributed by atoms with E-state index in [1.807, 2.05) is 32.0 Å². The van der Waals surface area contributed by atoms with Crippen LogP contribution in [0, 0.1) is 11.8 Å². The highest BCUT2D eigenvalue weighted by molar-refractivity contribution is 5.75. The molecule has 35 heavy (non-hydrogen) atoms. The zero-order valence-corrected chi connectivity index (χ0v) is 21.6. The molecule has 0 bridgehead atoms. The van der Waals surface area contributed by atoms with Gasteiger partial charge in [-0.05, 0) is 68.7 Å². The number of benzene rings is 1. The Kier molecular flexibility index (Phi) is 9.12. The van der Waals surface area contributed by atoms with Crippen molar-refractivity contribution in [3.8, 4) is 5.75 Å². The maximum absolute atomic E-state index is 13.4. The van der Waals surface area contributed by atoms with Crippen molar-refractivity contribution in [1.82, 2.24) is 19.4 Å². The van der Waals surface area contributed by atoms with Gasteiger partial charge in [-0.15, -0.1) is 0 Å². The molecule has 0 spiro atoms. The number of amides is 1. The summed E-state index contributed by atoms with van der Waals surface area (Å²) < 4.78 is 8.52. The number of carbonyl (C=O) groups excluding carboxylic acids is 1. The lowest BCUT2D eigenvalue weighted by Crippen LogP contribution is -2.44. The third kappa shape index (κ3) is 6.96. The highest BCUT2D eigenvalue weighted by atomic mass is 16.5. The van der Waals surface area contributed by atoms with E-state index in [0.717, 1.165) is 53.7 Å². The molecule has 0 saturated heterocycles. The molecule has 0 unspecified atom stereocenters. The van der Waals surface area contributed by atoms with Gasteiger partial charge in [0.1, 0.15) is 5.75 Å². The molecule has 9 heteroatoms. The normalized spacial score (nSPS) is 17.9. The number of carbonyl (C=O) groups is 1. The van der Waals surface area contributed by atoms with Crippen molar-refractivity contribution in [3.05, 3.63) is 44.7 Å². The van der Waals surface area contributed by atoms with E-state index in [4.69, 9.17) is 4.74 Å². The molecule has 1 amide bonds. The molecule has 1 aromatic heterocycles. The van der Waals surface area contributed by atoms with Gasteiger partial charge in [0.15, 0.2) is 0 Å². The van der Waals surface area contributed by atoms with Gasteiger partial charge in [-0.2, -0.15) is 4.98 Å². The SMILES string of the molecule is CCc1cc(Nc2nc(=O)n(CCC(=O)NC)c(=O)n2CC2CCC(C)CC2)ccc1OC(C)C. The van der Waals surface area contributed by atoms with Crippen LogP contribution in [0.5, 0.6) is 5.75 Å². The first-order valence-corrected chi connectivity index (χ1v) is 12.7. The summed E-state index contributed by atoms with van der Waals surface area (Å²) in [5.41, 5.74) is 0.659. The first kappa shape index (κ1) is 26.5. The van der Waals surface area contributed by atoms with Gasteiger partial charge in [-0.1, -0.05) is 26.7 Å². The number of hydrogen-bond acceptors (Lipinski definition) is 6. The number of nitrogens with one attached hydrogen (secondary N) is 2. The number of aryl methyl sites for hydroxylation is 1. The Morgan fingerprint density at radius 2 is 1.89 bits per heavy atom. The lowest BCUT2D eigenvalue weighted by atomic mass is 9.83. The van der Waals surface area contributed by atoms with Crippen molar-refractivity contribution in [2.24, 2.45) is 11.8 Å². The van der Waals surface area contributed by atoms with Gasteiger partial charge in [-0.3, -0.25) is 9.36 Å². The molecule has 0 radical (unpaired) electrons. The average Bonchev–Trinajstić information content (AvgIpc) is 2.83. The van der Waals surface area contributed by atoms with E-state index in [0.29, 0.717) is 18.4 Å². The Morgan fingerprint density at radius 1 is 1.17 bits per heavy atom. The minimum atomic E-state index is -0.662. The fourth-order valence-electron chi connectivity index (χ4n) is 4.52. The molecule has 0 atom stereocenters. The van der Waals surface area contributed by atoms with Gasteiger partial charge >= 0.3 is 11.4 Å². The van der Waals surface area contributed by atoms with Crippen LogP contribution in [-0.4, -0.2) is 33.2 Å². The maximum atomic E-state index is 13.4. The molecule has 0 aliphatic heterocycles. The van der Waals surface area contributed by atoms with Crippen LogP contribution in [0.2, 0.25) is 0 Å². The predicted octanol–water partition coefficient (Wildman–Crippen LogP) is 3.46. The van der Waals surface area contributed by atoms with Gasteiger partial charge in [0.2, 0.25) is 11.9 Å². The van der Waals surface area contributed by atoms with Crippen molar-refractivity contribution < 1.29 is 9.53 Å². The van der Waals surface area contributed by atoms with E-state index >= 15 is 0 Å². The van der Waals surface area contributed by atoms with Crippen molar-refractivity contribution in [3.63, 3.8) is 0 Å². The van der Waals surface area contributed by atoms with E-state index in [-0.39, 0.29) is 30.9 Å². The second-order valence-electron chi connectivity index (χ2n) is 9.78. The van der Waals surface area contributed by atoms with E-state index in [1.54, 1.807) is 4.57 Å². The van der Waals surface area contributed by atoms with E-state index in [9.17, 15) is 14.4 Å². The molecule has 1 saturated carbocycles. The Morgan fingerprint density at radius 3 is 2.51 bits per heavy atom. The molecule has 9 nitrogen and oxygen atoms in total. The minimum Gasteiger partial charge on any atom is -0.491 e. The molecule has 1 aromatic carbocycles. The number of rotatable bonds is 10. The Balaban J connectivity index is 1.96. The van der Waals surface area contributed by atoms with E-state index in [2.05, 4.69) is 29.5 Å². The second kappa shape index (κ2) is 12.0. The minimum absolute atomic E-state index is 0.00641. The summed E-state index contributed by atoms with van der Waals surface area (Å²) in [4.78, 5) is 42.2. The summed E-state index contributed by atoms with van der Waals surface area (Å²) >= 11 is 0. The molecular formula is C26H39N5O4. The summed E-state index contributed by atoms with van der Waals surface area (Å²) in [5.74, 6) is 1.85. The van der Waals surface area contributed by atoms with Crippen molar-refractivity contribution >= 4 is 17.5 Å². The first-order chi connectivity index (χ1) is 16.7. The zero-order valence-electron chi connectivity index (χ0n) is 21.6.